The van der Waals surface area contributed by atoms with Gasteiger partial charge < -0.3 is 15.4 Å². The number of nitrogens with one attached hydrogen (secondary N) is 2. The molecule has 3 unspecified atom stereocenters. The fourth-order valence-electron chi connectivity index (χ4n) is 3.38. The third-order valence-corrected chi connectivity index (χ3v) is 5.44. The van der Waals surface area contributed by atoms with Gasteiger partial charge in [-0.3, -0.25) is 4.99 Å². The first kappa shape index (κ1) is 19.3. The number of aliphatic imine (C=N–C) groups is 1. The lowest BCUT2D eigenvalue weighted by atomic mass is 9.78. The molecule has 2 heterocycles. The molecule has 1 saturated heterocycles. The number of hydrogen-bond donors (Lipinski definition) is 2. The topological polar surface area (TPSA) is 45.7 Å². The van der Waals surface area contributed by atoms with Crippen LogP contribution in [0.4, 0.5) is 0 Å². The lowest BCUT2D eigenvalue weighted by Crippen LogP contribution is -2.47. The van der Waals surface area contributed by atoms with E-state index in [0.29, 0.717) is 17.9 Å². The van der Waals surface area contributed by atoms with E-state index in [1.165, 1.54) is 12.0 Å². The van der Waals surface area contributed by atoms with E-state index >= 15 is 0 Å². The van der Waals surface area contributed by atoms with Crippen molar-refractivity contribution in [1.29, 1.82) is 0 Å². The zero-order chi connectivity index (χ0) is 17.6. The SMILES string of the molecule is CN=C(NCC(C)c1ccsc1)NCC1CCCOC1C(C)(C)C. The first-order valence-electron chi connectivity index (χ1n) is 9.00. The highest BCUT2D eigenvalue weighted by atomic mass is 32.1. The molecule has 0 radical (unpaired) electrons. The molecule has 0 bridgehead atoms. The average Bonchev–Trinajstić information content (AvgIpc) is 3.09. The molecule has 136 valence electrons. The van der Waals surface area contributed by atoms with Crippen molar-refractivity contribution < 1.29 is 4.74 Å². The fraction of sp³-hybridized carbons (Fsp3) is 0.737. The standard InChI is InChI=1S/C19H33N3OS/c1-14(16-8-10-24-13-16)11-21-18(20-5)22-12-15-7-6-9-23-17(15)19(2,3)4/h8,10,13-15,17H,6-7,9,11-12H2,1-5H3,(H2,20,21,22). The normalized spacial score (nSPS) is 23.8. The minimum Gasteiger partial charge on any atom is -0.377 e. The van der Waals surface area contributed by atoms with Gasteiger partial charge in [-0.05, 0) is 46.6 Å². The zero-order valence-electron chi connectivity index (χ0n) is 15.8. The number of ether oxygens (including phenoxy) is 1. The van der Waals surface area contributed by atoms with E-state index in [1.54, 1.807) is 11.3 Å². The van der Waals surface area contributed by atoms with Gasteiger partial charge in [0.05, 0.1) is 6.10 Å². The number of hydrogen-bond acceptors (Lipinski definition) is 3. The van der Waals surface area contributed by atoms with Gasteiger partial charge in [0.25, 0.3) is 0 Å². The Morgan fingerprint density at radius 2 is 2.21 bits per heavy atom. The minimum absolute atomic E-state index is 0.178. The molecular weight excluding hydrogens is 318 g/mol. The molecule has 3 atom stereocenters. The van der Waals surface area contributed by atoms with Crippen molar-refractivity contribution in [1.82, 2.24) is 10.6 Å². The average molecular weight is 352 g/mol. The van der Waals surface area contributed by atoms with Crippen molar-refractivity contribution in [3.05, 3.63) is 22.4 Å². The summed E-state index contributed by atoms with van der Waals surface area (Å²) in [6, 6.07) is 2.19. The summed E-state index contributed by atoms with van der Waals surface area (Å²) in [5, 5.41) is 11.3. The number of rotatable bonds is 5. The summed E-state index contributed by atoms with van der Waals surface area (Å²) in [4.78, 5) is 4.37. The molecule has 0 aliphatic carbocycles. The van der Waals surface area contributed by atoms with Crippen LogP contribution in [0.1, 0.15) is 52.0 Å². The van der Waals surface area contributed by atoms with Crippen LogP contribution in [0.5, 0.6) is 0 Å². The Hall–Kier alpha value is -1.07. The van der Waals surface area contributed by atoms with Gasteiger partial charge in [0, 0.05) is 32.7 Å². The maximum absolute atomic E-state index is 6.07. The quantitative estimate of drug-likeness (QED) is 0.625. The number of nitrogens with zero attached hydrogens (tertiary/aromatic N) is 1. The Morgan fingerprint density at radius 1 is 1.42 bits per heavy atom. The highest BCUT2D eigenvalue weighted by Gasteiger charge is 2.35. The Labute approximate surface area is 151 Å². The van der Waals surface area contributed by atoms with Gasteiger partial charge in [-0.1, -0.05) is 27.7 Å². The molecule has 0 spiro atoms. The van der Waals surface area contributed by atoms with Crippen LogP contribution in [0.2, 0.25) is 0 Å². The molecule has 1 fully saturated rings. The van der Waals surface area contributed by atoms with E-state index in [1.807, 2.05) is 7.05 Å². The Kier molecular flexibility index (Phi) is 7.11. The van der Waals surface area contributed by atoms with E-state index < -0.39 is 0 Å². The molecule has 2 N–H and O–H groups in total. The predicted octanol–water partition coefficient (Wildman–Crippen LogP) is 3.86. The molecule has 5 heteroatoms. The molecular formula is C19H33N3OS. The second kappa shape index (κ2) is 8.86. The second-order valence-electron chi connectivity index (χ2n) is 7.85. The third-order valence-electron chi connectivity index (χ3n) is 4.74. The molecule has 1 aliphatic rings. The molecule has 4 nitrogen and oxygen atoms in total. The van der Waals surface area contributed by atoms with E-state index in [2.05, 4.69) is 60.1 Å². The van der Waals surface area contributed by atoms with Crippen molar-refractivity contribution in [2.45, 2.75) is 52.6 Å². The van der Waals surface area contributed by atoms with E-state index in [0.717, 1.165) is 32.1 Å². The highest BCUT2D eigenvalue weighted by Crippen LogP contribution is 2.33. The van der Waals surface area contributed by atoms with Gasteiger partial charge in [-0.15, -0.1) is 0 Å². The lowest BCUT2D eigenvalue weighted by Gasteiger charge is -2.40. The monoisotopic (exact) mass is 351 g/mol. The van der Waals surface area contributed by atoms with Gasteiger partial charge in [0.15, 0.2) is 5.96 Å². The maximum Gasteiger partial charge on any atom is 0.191 e. The Morgan fingerprint density at radius 3 is 2.83 bits per heavy atom. The van der Waals surface area contributed by atoms with E-state index in [9.17, 15) is 0 Å². The molecule has 1 aliphatic heterocycles. The summed E-state index contributed by atoms with van der Waals surface area (Å²) in [5.41, 5.74) is 1.56. The maximum atomic E-state index is 6.07. The Bertz CT molecular complexity index is 507. The van der Waals surface area contributed by atoms with Gasteiger partial charge in [0.2, 0.25) is 0 Å². The summed E-state index contributed by atoms with van der Waals surface area (Å²) in [6.07, 6.45) is 2.68. The predicted molar refractivity (Wildman–Crippen MR) is 104 cm³/mol. The summed E-state index contributed by atoms with van der Waals surface area (Å²) in [6.45, 7) is 11.7. The van der Waals surface area contributed by atoms with Crippen molar-refractivity contribution in [2.24, 2.45) is 16.3 Å². The number of thiophene rings is 1. The smallest absolute Gasteiger partial charge is 0.191 e. The molecule has 1 aromatic heterocycles. The van der Waals surface area contributed by atoms with Crippen molar-refractivity contribution >= 4 is 17.3 Å². The second-order valence-corrected chi connectivity index (χ2v) is 8.63. The van der Waals surface area contributed by atoms with Crippen LogP contribution < -0.4 is 10.6 Å². The van der Waals surface area contributed by atoms with Crippen LogP contribution in [0.25, 0.3) is 0 Å². The van der Waals surface area contributed by atoms with Crippen LogP contribution in [0, 0.1) is 11.3 Å². The first-order chi connectivity index (χ1) is 11.4. The summed E-state index contributed by atoms with van der Waals surface area (Å²) in [7, 11) is 1.84. The summed E-state index contributed by atoms with van der Waals surface area (Å²) in [5.74, 6) is 1.90. The minimum atomic E-state index is 0.178. The largest absolute Gasteiger partial charge is 0.377 e. The molecule has 0 aromatic carbocycles. The van der Waals surface area contributed by atoms with E-state index in [4.69, 9.17) is 4.74 Å². The molecule has 24 heavy (non-hydrogen) atoms. The molecule has 2 rings (SSSR count). The van der Waals surface area contributed by atoms with Gasteiger partial charge in [-0.25, -0.2) is 0 Å². The third kappa shape index (κ3) is 5.49. The highest BCUT2D eigenvalue weighted by molar-refractivity contribution is 7.07. The first-order valence-corrected chi connectivity index (χ1v) is 9.94. The molecule has 0 amide bonds. The van der Waals surface area contributed by atoms with Gasteiger partial charge in [0.1, 0.15) is 0 Å². The lowest BCUT2D eigenvalue weighted by molar-refractivity contribution is -0.0835. The van der Waals surface area contributed by atoms with Crippen molar-refractivity contribution in [2.75, 3.05) is 26.7 Å². The van der Waals surface area contributed by atoms with Crippen LogP contribution in [0.15, 0.2) is 21.8 Å². The van der Waals surface area contributed by atoms with Crippen LogP contribution in [-0.4, -0.2) is 38.8 Å². The van der Waals surface area contributed by atoms with Gasteiger partial charge >= 0.3 is 0 Å². The van der Waals surface area contributed by atoms with Crippen molar-refractivity contribution in [3.8, 4) is 0 Å². The number of guanidine groups is 1. The van der Waals surface area contributed by atoms with Crippen LogP contribution in [0.3, 0.4) is 0 Å². The van der Waals surface area contributed by atoms with Gasteiger partial charge in [-0.2, -0.15) is 11.3 Å². The van der Waals surface area contributed by atoms with Crippen LogP contribution in [-0.2, 0) is 4.74 Å². The molecule has 0 saturated carbocycles. The fourth-order valence-corrected chi connectivity index (χ4v) is 4.16. The Balaban J connectivity index is 1.82. The van der Waals surface area contributed by atoms with E-state index in [-0.39, 0.29) is 5.41 Å². The summed E-state index contributed by atoms with van der Waals surface area (Å²) >= 11 is 1.75. The van der Waals surface area contributed by atoms with Crippen molar-refractivity contribution in [3.63, 3.8) is 0 Å². The van der Waals surface area contributed by atoms with Crippen LogP contribution >= 0.6 is 11.3 Å². The zero-order valence-corrected chi connectivity index (χ0v) is 16.6. The molecule has 1 aromatic rings. The summed E-state index contributed by atoms with van der Waals surface area (Å²) < 4.78 is 6.07.